The average Bonchev–Trinajstić information content (AvgIpc) is 2.64. The molecular formula is C19H25Cl3N2O2. The Balaban J connectivity index is 0.00000243. The zero-order valence-electron chi connectivity index (χ0n) is 14.6. The minimum absolute atomic E-state index is 0. The van der Waals surface area contributed by atoms with Crippen LogP contribution in [0.2, 0.25) is 10.0 Å². The zero-order chi connectivity index (χ0) is 17.6. The molecule has 1 aromatic rings. The van der Waals surface area contributed by atoms with Crippen molar-refractivity contribution in [1.29, 1.82) is 0 Å². The maximum Gasteiger partial charge on any atom is 0.244 e. The number of hydrogen-bond acceptors (Lipinski definition) is 3. The van der Waals surface area contributed by atoms with Crippen molar-refractivity contribution in [3.63, 3.8) is 0 Å². The second-order valence-electron chi connectivity index (χ2n) is 6.62. The molecule has 0 unspecified atom stereocenters. The molecule has 2 atom stereocenters. The highest BCUT2D eigenvalue weighted by Gasteiger charge is 2.31. The van der Waals surface area contributed by atoms with Gasteiger partial charge < -0.3 is 10.1 Å². The molecule has 0 radical (unpaired) electrons. The minimum Gasteiger partial charge on any atom is -0.379 e. The fourth-order valence-corrected chi connectivity index (χ4v) is 3.95. The van der Waals surface area contributed by atoms with Crippen molar-refractivity contribution in [1.82, 2.24) is 10.2 Å². The van der Waals surface area contributed by atoms with Gasteiger partial charge in [0.2, 0.25) is 5.91 Å². The van der Waals surface area contributed by atoms with Crippen molar-refractivity contribution in [3.8, 4) is 0 Å². The van der Waals surface area contributed by atoms with E-state index in [1.54, 1.807) is 24.3 Å². The van der Waals surface area contributed by atoms with Crippen LogP contribution in [0.4, 0.5) is 0 Å². The average molecular weight is 420 g/mol. The Morgan fingerprint density at radius 3 is 2.62 bits per heavy atom. The third-order valence-corrected chi connectivity index (χ3v) is 5.68. The summed E-state index contributed by atoms with van der Waals surface area (Å²) in [5, 5.41) is 4.20. The third kappa shape index (κ3) is 5.86. The fraction of sp³-hybridized carbons (Fsp3) is 0.526. The number of carbonyl (C=O) groups excluding carboxylic acids is 1. The molecule has 1 aromatic carbocycles. The third-order valence-electron chi connectivity index (χ3n) is 4.94. The van der Waals surface area contributed by atoms with Gasteiger partial charge in [-0.2, -0.15) is 0 Å². The number of benzene rings is 1. The Bertz CT molecular complexity index is 633. The van der Waals surface area contributed by atoms with Gasteiger partial charge in [0.1, 0.15) is 0 Å². The minimum atomic E-state index is -0.0590. The Labute approximate surface area is 171 Å². The topological polar surface area (TPSA) is 41.6 Å². The Hall–Kier alpha value is -0.780. The molecule has 1 amide bonds. The summed E-state index contributed by atoms with van der Waals surface area (Å²) in [6, 6.07) is 5.95. The van der Waals surface area contributed by atoms with Crippen LogP contribution in [0.25, 0.3) is 6.08 Å². The van der Waals surface area contributed by atoms with Gasteiger partial charge in [-0.1, -0.05) is 42.1 Å². The van der Waals surface area contributed by atoms with Crippen LogP contribution in [0.15, 0.2) is 24.3 Å². The number of morpholine rings is 1. The highest BCUT2D eigenvalue weighted by molar-refractivity contribution is 6.42. The van der Waals surface area contributed by atoms with Crippen LogP contribution in [0.5, 0.6) is 0 Å². The first-order valence-electron chi connectivity index (χ1n) is 8.89. The van der Waals surface area contributed by atoms with Crippen LogP contribution >= 0.6 is 35.6 Å². The monoisotopic (exact) mass is 418 g/mol. The molecule has 2 fully saturated rings. The number of nitrogens with one attached hydrogen (secondary N) is 1. The van der Waals surface area contributed by atoms with E-state index >= 15 is 0 Å². The Morgan fingerprint density at radius 2 is 1.88 bits per heavy atom. The fourth-order valence-electron chi connectivity index (χ4n) is 3.64. The molecule has 7 heteroatoms. The van der Waals surface area contributed by atoms with Gasteiger partial charge in [0.05, 0.1) is 23.3 Å². The number of rotatable bonds is 4. The summed E-state index contributed by atoms with van der Waals surface area (Å²) in [5.74, 6) is -0.0590. The predicted octanol–water partition coefficient (Wildman–Crippen LogP) is 4.19. The van der Waals surface area contributed by atoms with Crippen molar-refractivity contribution < 1.29 is 9.53 Å². The van der Waals surface area contributed by atoms with E-state index in [9.17, 15) is 4.79 Å². The normalized spacial score (nSPS) is 24.2. The van der Waals surface area contributed by atoms with E-state index in [2.05, 4.69) is 10.2 Å². The highest BCUT2D eigenvalue weighted by atomic mass is 35.5. The molecule has 0 aromatic heterocycles. The van der Waals surface area contributed by atoms with E-state index in [4.69, 9.17) is 27.9 Å². The van der Waals surface area contributed by atoms with Crippen LogP contribution in [-0.2, 0) is 9.53 Å². The van der Waals surface area contributed by atoms with Crippen molar-refractivity contribution in [2.24, 2.45) is 0 Å². The molecule has 1 aliphatic heterocycles. The van der Waals surface area contributed by atoms with Gasteiger partial charge in [-0.3, -0.25) is 9.69 Å². The van der Waals surface area contributed by atoms with E-state index in [0.717, 1.165) is 44.7 Å². The maximum absolute atomic E-state index is 12.4. The van der Waals surface area contributed by atoms with E-state index in [1.165, 1.54) is 12.8 Å². The number of halogens is 3. The summed E-state index contributed by atoms with van der Waals surface area (Å²) >= 11 is 11.9. The number of nitrogens with zero attached hydrogens (tertiary/aromatic N) is 1. The molecule has 144 valence electrons. The lowest BCUT2D eigenvalue weighted by atomic mass is 9.88. The lowest BCUT2D eigenvalue weighted by molar-refractivity contribution is -0.118. The summed E-state index contributed by atoms with van der Waals surface area (Å²) in [4.78, 5) is 14.8. The number of ether oxygens (including phenoxy) is 1. The van der Waals surface area contributed by atoms with E-state index < -0.39 is 0 Å². The molecule has 3 rings (SSSR count). The lowest BCUT2D eigenvalue weighted by Gasteiger charge is -2.41. The van der Waals surface area contributed by atoms with Gasteiger partial charge in [0.15, 0.2) is 0 Å². The summed E-state index contributed by atoms with van der Waals surface area (Å²) in [7, 11) is 0. The van der Waals surface area contributed by atoms with Crippen LogP contribution in [0.3, 0.4) is 0 Å². The summed E-state index contributed by atoms with van der Waals surface area (Å²) in [5.41, 5.74) is 0.859. The number of amides is 1. The van der Waals surface area contributed by atoms with Gasteiger partial charge in [-0.05, 0) is 36.6 Å². The molecule has 4 nitrogen and oxygen atoms in total. The smallest absolute Gasteiger partial charge is 0.244 e. The van der Waals surface area contributed by atoms with Crippen LogP contribution in [0.1, 0.15) is 31.2 Å². The van der Waals surface area contributed by atoms with Crippen molar-refractivity contribution in [3.05, 3.63) is 39.9 Å². The molecule has 1 heterocycles. The molecule has 26 heavy (non-hydrogen) atoms. The molecule has 1 N–H and O–H groups in total. The van der Waals surface area contributed by atoms with E-state index in [-0.39, 0.29) is 24.4 Å². The second-order valence-corrected chi connectivity index (χ2v) is 7.44. The molecular weight excluding hydrogens is 395 g/mol. The van der Waals surface area contributed by atoms with Gasteiger partial charge in [-0.25, -0.2) is 0 Å². The Kier molecular flexibility index (Phi) is 8.71. The molecule has 0 bridgehead atoms. The van der Waals surface area contributed by atoms with E-state index in [0.29, 0.717) is 16.1 Å². The van der Waals surface area contributed by atoms with Crippen LogP contribution in [-0.4, -0.2) is 49.2 Å². The van der Waals surface area contributed by atoms with Gasteiger partial charge in [0, 0.05) is 31.2 Å². The summed E-state index contributed by atoms with van der Waals surface area (Å²) < 4.78 is 5.45. The quantitative estimate of drug-likeness (QED) is 0.744. The maximum atomic E-state index is 12.4. The van der Waals surface area contributed by atoms with Gasteiger partial charge in [-0.15, -0.1) is 12.4 Å². The highest BCUT2D eigenvalue weighted by Crippen LogP contribution is 2.25. The van der Waals surface area contributed by atoms with Crippen molar-refractivity contribution in [2.75, 3.05) is 26.3 Å². The molecule has 0 spiro atoms. The Morgan fingerprint density at radius 1 is 1.15 bits per heavy atom. The first-order chi connectivity index (χ1) is 12.1. The van der Waals surface area contributed by atoms with E-state index in [1.807, 2.05) is 6.07 Å². The number of carbonyl (C=O) groups is 1. The molecule has 1 saturated heterocycles. The van der Waals surface area contributed by atoms with Crippen LogP contribution < -0.4 is 5.32 Å². The van der Waals surface area contributed by atoms with Crippen molar-refractivity contribution >= 4 is 47.6 Å². The van der Waals surface area contributed by atoms with Gasteiger partial charge in [0.25, 0.3) is 0 Å². The van der Waals surface area contributed by atoms with Gasteiger partial charge >= 0.3 is 0 Å². The lowest BCUT2D eigenvalue weighted by Crippen LogP contribution is -2.55. The first kappa shape index (κ1) is 21.5. The molecule has 2 aliphatic rings. The molecule has 1 aliphatic carbocycles. The first-order valence-corrected chi connectivity index (χ1v) is 9.64. The SMILES string of the molecule is Cl.O=C(C=Cc1ccc(Cl)c(Cl)c1)N[C@H]1CCCC[C@@H]1N1CCOCC1. The number of hydrogen-bond donors (Lipinski definition) is 1. The second kappa shape index (κ2) is 10.5. The summed E-state index contributed by atoms with van der Waals surface area (Å²) in [6.45, 7) is 3.48. The molecule has 1 saturated carbocycles. The summed E-state index contributed by atoms with van der Waals surface area (Å²) in [6.07, 6.45) is 7.92. The largest absolute Gasteiger partial charge is 0.379 e. The van der Waals surface area contributed by atoms with Crippen LogP contribution in [0, 0.1) is 0 Å². The standard InChI is InChI=1S/C19H24Cl2N2O2.ClH/c20-15-7-5-14(13-16(15)21)6-8-19(24)22-17-3-1-2-4-18(17)23-9-11-25-12-10-23;/h5-8,13,17-18H,1-4,9-12H2,(H,22,24);1H/t17-,18-;/m0./s1. The zero-order valence-corrected chi connectivity index (χ0v) is 17.0. The van der Waals surface area contributed by atoms with Crippen molar-refractivity contribution in [2.45, 2.75) is 37.8 Å². The predicted molar refractivity (Wildman–Crippen MR) is 109 cm³/mol.